The minimum absolute atomic E-state index is 0.0355. The summed E-state index contributed by atoms with van der Waals surface area (Å²) in [5.74, 6) is 0.229. The molecule has 0 radical (unpaired) electrons. The van der Waals surface area contributed by atoms with Gasteiger partial charge in [-0.3, -0.25) is 19.3 Å². The molecule has 0 unspecified atom stereocenters. The van der Waals surface area contributed by atoms with Crippen LogP contribution < -0.4 is 10.2 Å². The number of aryl methyl sites for hydroxylation is 2. The molecule has 0 saturated carbocycles. The van der Waals surface area contributed by atoms with Gasteiger partial charge in [-0.05, 0) is 43.5 Å². The third-order valence-corrected chi connectivity index (χ3v) is 7.20. The average molecular weight is 467 g/mol. The van der Waals surface area contributed by atoms with Crippen LogP contribution in [0.5, 0.6) is 0 Å². The number of benzene rings is 2. The largest absolute Gasteiger partial charge is 0.340 e. The van der Waals surface area contributed by atoms with E-state index in [0.29, 0.717) is 31.9 Å². The minimum Gasteiger partial charge on any atom is -0.340 e. The van der Waals surface area contributed by atoms with Gasteiger partial charge in [0.2, 0.25) is 17.7 Å². The Kier molecular flexibility index (Phi) is 7.35. The Morgan fingerprint density at radius 2 is 1.70 bits per heavy atom. The first kappa shape index (κ1) is 23.3. The summed E-state index contributed by atoms with van der Waals surface area (Å²) in [6, 6.07) is 13.7. The molecule has 1 saturated heterocycles. The van der Waals surface area contributed by atoms with Crippen molar-refractivity contribution in [2.75, 3.05) is 55.2 Å². The fourth-order valence-electron chi connectivity index (χ4n) is 4.33. The number of fused-ring (bicyclic) bond motifs is 1. The Labute approximate surface area is 199 Å². The van der Waals surface area contributed by atoms with E-state index >= 15 is 0 Å². The Balaban J connectivity index is 1.32. The van der Waals surface area contributed by atoms with Crippen LogP contribution >= 0.6 is 11.8 Å². The summed E-state index contributed by atoms with van der Waals surface area (Å²) >= 11 is 1.51. The number of para-hydroxylation sites is 2. The summed E-state index contributed by atoms with van der Waals surface area (Å²) in [5.41, 5.74) is 3.77. The van der Waals surface area contributed by atoms with Crippen LogP contribution in [0.4, 0.5) is 11.4 Å². The quantitative estimate of drug-likeness (QED) is 0.734. The Morgan fingerprint density at radius 1 is 0.939 bits per heavy atom. The van der Waals surface area contributed by atoms with Crippen molar-refractivity contribution in [1.82, 2.24) is 9.80 Å². The number of thioether (sulfide) groups is 1. The molecular formula is C25H30N4O3S. The zero-order valence-electron chi connectivity index (χ0n) is 19.2. The molecular weight excluding hydrogens is 436 g/mol. The number of hydrogen-bond donors (Lipinski definition) is 1. The molecule has 2 aromatic rings. The number of nitrogens with one attached hydrogen (secondary N) is 1. The predicted octanol–water partition coefficient (Wildman–Crippen LogP) is 2.92. The molecule has 7 nitrogen and oxygen atoms in total. The van der Waals surface area contributed by atoms with Gasteiger partial charge in [-0.25, -0.2) is 0 Å². The van der Waals surface area contributed by atoms with E-state index in [4.69, 9.17) is 0 Å². The van der Waals surface area contributed by atoms with E-state index in [0.717, 1.165) is 40.4 Å². The first-order valence-corrected chi connectivity index (χ1v) is 12.3. The number of rotatable bonds is 5. The predicted molar refractivity (Wildman–Crippen MR) is 132 cm³/mol. The summed E-state index contributed by atoms with van der Waals surface area (Å²) in [6.07, 6.45) is 0.794. The lowest BCUT2D eigenvalue weighted by Crippen LogP contribution is -2.46. The summed E-state index contributed by atoms with van der Waals surface area (Å²) < 4.78 is 0. The fraction of sp³-hybridized carbons (Fsp3) is 0.400. The topological polar surface area (TPSA) is 73.0 Å². The zero-order chi connectivity index (χ0) is 23.4. The van der Waals surface area contributed by atoms with Gasteiger partial charge in [-0.15, -0.1) is 11.8 Å². The first-order valence-electron chi connectivity index (χ1n) is 11.3. The molecule has 33 heavy (non-hydrogen) atoms. The maximum absolute atomic E-state index is 13.0. The highest BCUT2D eigenvalue weighted by Gasteiger charge is 2.29. The summed E-state index contributed by atoms with van der Waals surface area (Å²) in [7, 11) is 0. The Hall–Kier alpha value is -2.84. The standard InChI is InChI=1S/C25H30N4O3S/c1-18-7-5-8-19(2)25(18)26-22(30)15-27-11-6-12-28(14-13-27)23(31)16-29-20-9-3-4-10-21(20)33-17-24(29)32/h3-5,7-10H,6,11-17H2,1-2H3,(H,26,30). The van der Waals surface area contributed by atoms with Gasteiger partial charge in [-0.1, -0.05) is 30.3 Å². The minimum atomic E-state index is -0.0492. The van der Waals surface area contributed by atoms with Gasteiger partial charge in [0.1, 0.15) is 6.54 Å². The number of anilines is 2. The van der Waals surface area contributed by atoms with Gasteiger partial charge in [0.05, 0.1) is 18.0 Å². The van der Waals surface area contributed by atoms with Crippen LogP contribution in [0.1, 0.15) is 17.5 Å². The second kappa shape index (κ2) is 10.4. The highest BCUT2D eigenvalue weighted by atomic mass is 32.2. The summed E-state index contributed by atoms with van der Waals surface area (Å²) in [6.45, 7) is 6.90. The monoisotopic (exact) mass is 466 g/mol. The van der Waals surface area contributed by atoms with Gasteiger partial charge >= 0.3 is 0 Å². The van der Waals surface area contributed by atoms with Gasteiger partial charge in [0.15, 0.2) is 0 Å². The van der Waals surface area contributed by atoms with E-state index in [-0.39, 0.29) is 24.3 Å². The van der Waals surface area contributed by atoms with Crippen molar-refractivity contribution in [2.45, 2.75) is 25.2 Å². The maximum atomic E-state index is 13.0. The van der Waals surface area contributed by atoms with Crippen LogP contribution in [-0.2, 0) is 14.4 Å². The molecule has 2 aromatic carbocycles. The van der Waals surface area contributed by atoms with Crippen LogP contribution in [0.15, 0.2) is 47.4 Å². The van der Waals surface area contributed by atoms with Crippen LogP contribution in [-0.4, -0.2) is 72.5 Å². The second-order valence-corrected chi connectivity index (χ2v) is 9.58. The Bertz CT molecular complexity index is 1040. The SMILES string of the molecule is Cc1cccc(C)c1NC(=O)CN1CCCN(C(=O)CN2C(=O)CSc3ccccc32)CC1. The number of carbonyl (C=O) groups is 3. The third kappa shape index (κ3) is 5.57. The molecule has 0 aliphatic carbocycles. The summed E-state index contributed by atoms with van der Waals surface area (Å²) in [5, 5.41) is 3.04. The molecule has 0 atom stereocenters. The third-order valence-electron chi connectivity index (χ3n) is 6.16. The maximum Gasteiger partial charge on any atom is 0.242 e. The van der Waals surface area contributed by atoms with Crippen LogP contribution in [0, 0.1) is 13.8 Å². The Morgan fingerprint density at radius 3 is 2.48 bits per heavy atom. The lowest BCUT2D eigenvalue weighted by Gasteiger charge is -2.30. The highest BCUT2D eigenvalue weighted by molar-refractivity contribution is 8.00. The van der Waals surface area contributed by atoms with Crippen LogP contribution in [0.25, 0.3) is 0 Å². The molecule has 3 amide bonds. The van der Waals surface area contributed by atoms with Gasteiger partial charge in [0, 0.05) is 36.8 Å². The van der Waals surface area contributed by atoms with Crippen molar-refractivity contribution in [3.8, 4) is 0 Å². The molecule has 174 valence electrons. The number of carbonyl (C=O) groups excluding carboxylic acids is 3. The smallest absolute Gasteiger partial charge is 0.242 e. The van der Waals surface area contributed by atoms with Crippen molar-refractivity contribution < 1.29 is 14.4 Å². The van der Waals surface area contributed by atoms with E-state index in [9.17, 15) is 14.4 Å². The molecule has 0 bridgehead atoms. The molecule has 0 spiro atoms. The van der Waals surface area contributed by atoms with Crippen LogP contribution in [0.2, 0.25) is 0 Å². The molecule has 1 N–H and O–H groups in total. The second-order valence-electron chi connectivity index (χ2n) is 8.56. The fourth-order valence-corrected chi connectivity index (χ4v) is 5.27. The van der Waals surface area contributed by atoms with E-state index in [1.165, 1.54) is 11.8 Å². The van der Waals surface area contributed by atoms with Gasteiger partial charge < -0.3 is 15.1 Å². The molecule has 2 aliphatic heterocycles. The summed E-state index contributed by atoms with van der Waals surface area (Å²) in [4.78, 5) is 44.7. The van der Waals surface area contributed by atoms with Crippen molar-refractivity contribution in [1.29, 1.82) is 0 Å². The van der Waals surface area contributed by atoms with Crippen molar-refractivity contribution in [2.24, 2.45) is 0 Å². The normalized spacial score (nSPS) is 16.8. The highest BCUT2D eigenvalue weighted by Crippen LogP contribution is 2.34. The van der Waals surface area contributed by atoms with E-state index in [1.54, 1.807) is 4.90 Å². The van der Waals surface area contributed by atoms with E-state index in [1.807, 2.05) is 61.2 Å². The van der Waals surface area contributed by atoms with Crippen molar-refractivity contribution in [3.05, 3.63) is 53.6 Å². The first-order chi connectivity index (χ1) is 15.9. The lowest BCUT2D eigenvalue weighted by molar-refractivity contribution is -0.131. The van der Waals surface area contributed by atoms with Crippen LogP contribution in [0.3, 0.4) is 0 Å². The number of amides is 3. The van der Waals surface area contributed by atoms with Crippen molar-refractivity contribution >= 4 is 40.9 Å². The van der Waals surface area contributed by atoms with Crippen molar-refractivity contribution in [3.63, 3.8) is 0 Å². The zero-order valence-corrected chi connectivity index (χ0v) is 20.0. The molecule has 0 aromatic heterocycles. The molecule has 4 rings (SSSR count). The molecule has 2 aliphatic rings. The number of nitrogens with zero attached hydrogens (tertiary/aromatic N) is 3. The van der Waals surface area contributed by atoms with Gasteiger partial charge in [-0.2, -0.15) is 0 Å². The lowest BCUT2D eigenvalue weighted by atomic mass is 10.1. The molecule has 2 heterocycles. The number of hydrogen-bond acceptors (Lipinski definition) is 5. The van der Waals surface area contributed by atoms with E-state index in [2.05, 4.69) is 10.2 Å². The van der Waals surface area contributed by atoms with Gasteiger partial charge in [0.25, 0.3) is 0 Å². The molecule has 8 heteroatoms. The van der Waals surface area contributed by atoms with E-state index < -0.39 is 0 Å². The molecule has 1 fully saturated rings. The average Bonchev–Trinajstić information content (AvgIpc) is 3.04.